The van der Waals surface area contributed by atoms with Crippen LogP contribution in [0.3, 0.4) is 0 Å². The molecule has 27 heavy (non-hydrogen) atoms. The fourth-order valence-corrected chi connectivity index (χ4v) is 4.80. The lowest BCUT2D eigenvalue weighted by atomic mass is 10.2. The average Bonchev–Trinajstić information content (AvgIpc) is 3.32. The van der Waals surface area contributed by atoms with Gasteiger partial charge in [0.2, 0.25) is 5.88 Å². The Balaban J connectivity index is 1.74. The maximum absolute atomic E-state index is 11.7. The summed E-state index contributed by atoms with van der Waals surface area (Å²) in [4.78, 5) is 10.3. The number of sulfone groups is 1. The normalized spacial score (nSPS) is 15.1. The number of ether oxygens (including phenoxy) is 1. The molecule has 0 saturated heterocycles. The van der Waals surface area contributed by atoms with Gasteiger partial charge in [-0.05, 0) is 55.5 Å². The van der Waals surface area contributed by atoms with E-state index < -0.39 is 9.84 Å². The maximum atomic E-state index is 11.7. The molecule has 0 bridgehead atoms. The molecule has 0 spiro atoms. The summed E-state index contributed by atoms with van der Waals surface area (Å²) < 4.78 is 29.7. The van der Waals surface area contributed by atoms with E-state index in [1.54, 1.807) is 18.3 Å². The van der Waals surface area contributed by atoms with Crippen molar-refractivity contribution in [2.24, 2.45) is 0 Å². The Morgan fingerprint density at radius 3 is 2.44 bits per heavy atom. The summed E-state index contributed by atoms with van der Waals surface area (Å²) in [6.45, 7) is 0. The molecule has 7 heteroatoms. The van der Waals surface area contributed by atoms with Gasteiger partial charge in [-0.1, -0.05) is 18.2 Å². The van der Waals surface area contributed by atoms with Crippen molar-refractivity contribution in [3.63, 3.8) is 0 Å². The van der Waals surface area contributed by atoms with Gasteiger partial charge in [0.25, 0.3) is 0 Å². The number of nitrogens with zero attached hydrogens (tertiary/aromatic N) is 2. The second kappa shape index (κ2) is 7.40. The minimum Gasteiger partial charge on any atom is -0.473 e. The number of hydrogen-bond donors (Lipinski definition) is 0. The molecule has 1 aromatic carbocycles. The van der Waals surface area contributed by atoms with E-state index in [1.165, 1.54) is 30.4 Å². The van der Waals surface area contributed by atoms with Crippen molar-refractivity contribution in [3.8, 4) is 27.0 Å². The zero-order chi connectivity index (χ0) is 18.9. The van der Waals surface area contributed by atoms with Gasteiger partial charge in [0.05, 0.1) is 15.5 Å². The SMILES string of the molecule is CS(=O)(=O)c1ccc(-c2sc(-c3ccccn3)nc2OC2CCCC2)cc1. The smallest absolute Gasteiger partial charge is 0.233 e. The molecule has 1 saturated carbocycles. The summed E-state index contributed by atoms with van der Waals surface area (Å²) >= 11 is 1.51. The maximum Gasteiger partial charge on any atom is 0.233 e. The highest BCUT2D eigenvalue weighted by atomic mass is 32.2. The van der Waals surface area contributed by atoms with Crippen molar-refractivity contribution in [1.82, 2.24) is 9.97 Å². The predicted octanol–water partition coefficient (Wildman–Crippen LogP) is 4.60. The fourth-order valence-electron chi connectivity index (χ4n) is 3.18. The molecular weight excluding hydrogens is 380 g/mol. The number of benzene rings is 1. The predicted molar refractivity (Wildman–Crippen MR) is 107 cm³/mol. The molecule has 2 aromatic heterocycles. The van der Waals surface area contributed by atoms with E-state index in [0.29, 0.717) is 10.8 Å². The Morgan fingerprint density at radius 1 is 1.07 bits per heavy atom. The Labute approximate surface area is 163 Å². The van der Waals surface area contributed by atoms with Crippen molar-refractivity contribution in [3.05, 3.63) is 48.7 Å². The molecule has 4 rings (SSSR count). The Hall–Kier alpha value is -2.25. The van der Waals surface area contributed by atoms with Gasteiger partial charge in [-0.25, -0.2) is 8.42 Å². The van der Waals surface area contributed by atoms with Gasteiger partial charge in [-0.3, -0.25) is 4.98 Å². The van der Waals surface area contributed by atoms with Gasteiger partial charge in [-0.2, -0.15) is 4.98 Å². The number of rotatable bonds is 5. The van der Waals surface area contributed by atoms with Crippen molar-refractivity contribution >= 4 is 21.2 Å². The molecule has 1 aliphatic carbocycles. The van der Waals surface area contributed by atoms with E-state index in [9.17, 15) is 8.42 Å². The lowest BCUT2D eigenvalue weighted by Gasteiger charge is -2.12. The van der Waals surface area contributed by atoms with Crippen LogP contribution in [0, 0.1) is 0 Å². The van der Waals surface area contributed by atoms with Crippen molar-refractivity contribution in [1.29, 1.82) is 0 Å². The van der Waals surface area contributed by atoms with E-state index in [4.69, 9.17) is 9.72 Å². The zero-order valence-corrected chi connectivity index (χ0v) is 16.6. The standard InChI is InChI=1S/C20H20N2O3S2/c1-27(23,24)16-11-9-14(10-12-16)18-19(25-15-6-2-3-7-15)22-20(26-18)17-8-4-5-13-21-17/h4-5,8-13,15H,2-3,6-7H2,1H3. The molecule has 0 amide bonds. The molecule has 5 nitrogen and oxygen atoms in total. The molecule has 2 heterocycles. The summed E-state index contributed by atoms with van der Waals surface area (Å²) in [6, 6.07) is 12.6. The first-order valence-electron chi connectivity index (χ1n) is 8.90. The largest absolute Gasteiger partial charge is 0.473 e. The fraction of sp³-hybridized carbons (Fsp3) is 0.300. The van der Waals surface area contributed by atoms with Crippen LogP contribution in [0.2, 0.25) is 0 Å². The van der Waals surface area contributed by atoms with Gasteiger partial charge >= 0.3 is 0 Å². The van der Waals surface area contributed by atoms with Crippen molar-refractivity contribution in [2.45, 2.75) is 36.7 Å². The van der Waals surface area contributed by atoms with Gasteiger partial charge in [0, 0.05) is 12.5 Å². The quantitative estimate of drug-likeness (QED) is 0.626. The van der Waals surface area contributed by atoms with E-state index in [0.717, 1.165) is 34.0 Å². The van der Waals surface area contributed by atoms with Gasteiger partial charge in [0.1, 0.15) is 11.1 Å². The molecular formula is C20H20N2O3S2. The lowest BCUT2D eigenvalue weighted by molar-refractivity contribution is 0.204. The number of pyridine rings is 1. The Kier molecular flexibility index (Phi) is 4.97. The van der Waals surface area contributed by atoms with Crippen LogP contribution in [-0.4, -0.2) is 30.7 Å². The van der Waals surface area contributed by atoms with Crippen LogP contribution >= 0.6 is 11.3 Å². The van der Waals surface area contributed by atoms with Crippen LogP contribution in [0.15, 0.2) is 53.6 Å². The lowest BCUT2D eigenvalue weighted by Crippen LogP contribution is -2.11. The van der Waals surface area contributed by atoms with Crippen LogP contribution in [0.5, 0.6) is 5.88 Å². The Bertz CT molecular complexity index is 1020. The molecule has 0 unspecified atom stereocenters. The second-order valence-electron chi connectivity index (χ2n) is 6.69. The van der Waals surface area contributed by atoms with Crippen LogP contribution in [0.4, 0.5) is 0 Å². The third-order valence-corrected chi connectivity index (χ3v) is 6.84. The zero-order valence-electron chi connectivity index (χ0n) is 15.0. The van der Waals surface area contributed by atoms with Crippen LogP contribution in [0.25, 0.3) is 21.1 Å². The Morgan fingerprint density at radius 2 is 1.81 bits per heavy atom. The molecule has 3 aromatic rings. The van der Waals surface area contributed by atoms with E-state index in [2.05, 4.69) is 4.98 Å². The van der Waals surface area contributed by atoms with Gasteiger partial charge in [0.15, 0.2) is 9.84 Å². The molecule has 0 aliphatic heterocycles. The monoisotopic (exact) mass is 400 g/mol. The third-order valence-electron chi connectivity index (χ3n) is 4.61. The van der Waals surface area contributed by atoms with Crippen LogP contribution < -0.4 is 4.74 Å². The van der Waals surface area contributed by atoms with Gasteiger partial charge in [-0.15, -0.1) is 11.3 Å². The summed E-state index contributed by atoms with van der Waals surface area (Å²) in [5.41, 5.74) is 1.70. The molecule has 0 radical (unpaired) electrons. The minimum atomic E-state index is -3.22. The number of thiazole rings is 1. The highest BCUT2D eigenvalue weighted by molar-refractivity contribution is 7.90. The first-order chi connectivity index (χ1) is 13.0. The molecule has 0 atom stereocenters. The molecule has 1 aliphatic rings. The highest BCUT2D eigenvalue weighted by Crippen LogP contribution is 2.41. The minimum absolute atomic E-state index is 0.192. The van der Waals surface area contributed by atoms with Gasteiger partial charge < -0.3 is 4.74 Å². The number of hydrogen-bond acceptors (Lipinski definition) is 6. The highest BCUT2D eigenvalue weighted by Gasteiger charge is 2.22. The summed E-state index contributed by atoms with van der Waals surface area (Å²) in [6.07, 6.45) is 7.60. The topological polar surface area (TPSA) is 69.2 Å². The summed E-state index contributed by atoms with van der Waals surface area (Å²) in [5.74, 6) is 0.611. The van der Waals surface area contributed by atoms with E-state index >= 15 is 0 Å². The second-order valence-corrected chi connectivity index (χ2v) is 9.70. The average molecular weight is 401 g/mol. The third kappa shape index (κ3) is 4.04. The molecule has 140 valence electrons. The van der Waals surface area contributed by atoms with Crippen LogP contribution in [-0.2, 0) is 9.84 Å². The van der Waals surface area contributed by atoms with Crippen molar-refractivity contribution < 1.29 is 13.2 Å². The first kappa shape index (κ1) is 18.1. The molecule has 0 N–H and O–H groups in total. The summed E-state index contributed by atoms with van der Waals surface area (Å²) in [7, 11) is -3.22. The van der Waals surface area contributed by atoms with E-state index in [-0.39, 0.29) is 6.10 Å². The first-order valence-corrected chi connectivity index (χ1v) is 11.6. The van der Waals surface area contributed by atoms with E-state index in [1.807, 2.05) is 30.3 Å². The molecule has 1 fully saturated rings. The number of aromatic nitrogens is 2. The van der Waals surface area contributed by atoms with Crippen LogP contribution in [0.1, 0.15) is 25.7 Å². The van der Waals surface area contributed by atoms with Crippen molar-refractivity contribution in [2.75, 3.05) is 6.26 Å². The summed E-state index contributed by atoms with van der Waals surface area (Å²) in [5, 5.41) is 0.797.